The molecule has 0 bridgehead atoms. The molecule has 0 fully saturated rings. The van der Waals surface area contributed by atoms with Crippen molar-refractivity contribution in [2.75, 3.05) is 28.4 Å². The minimum Gasteiger partial charge on any atom is -0.497 e. The van der Waals surface area contributed by atoms with Gasteiger partial charge < -0.3 is 18.9 Å². The Morgan fingerprint density at radius 3 is 1.13 bits per heavy atom. The van der Waals surface area contributed by atoms with Gasteiger partial charge in [-0.15, -0.1) is 0 Å². The Bertz CT molecular complexity index is 944. The van der Waals surface area contributed by atoms with Gasteiger partial charge in [0.1, 0.15) is 11.5 Å². The molecule has 0 saturated carbocycles. The molecule has 0 amide bonds. The maximum Gasteiger partial charge on any atom is 0.337 e. The number of esters is 2. The molecule has 0 aliphatic heterocycles. The van der Waals surface area contributed by atoms with Gasteiger partial charge in [0.05, 0.1) is 39.6 Å². The van der Waals surface area contributed by atoms with Gasteiger partial charge in [-0.05, 0) is 59.7 Å². The third-order valence-corrected chi connectivity index (χ3v) is 4.24. The summed E-state index contributed by atoms with van der Waals surface area (Å²) >= 11 is 0. The molecular weight excluding hydrogens is 384 g/mol. The summed E-state index contributed by atoms with van der Waals surface area (Å²) < 4.78 is 19.2. The van der Waals surface area contributed by atoms with Gasteiger partial charge in [-0.1, -0.05) is 24.3 Å². The van der Waals surface area contributed by atoms with Gasteiger partial charge in [-0.2, -0.15) is 0 Å². The minimum atomic E-state index is -0.336. The van der Waals surface area contributed by atoms with Crippen LogP contribution in [-0.2, 0) is 9.47 Å². The largest absolute Gasteiger partial charge is 0.497 e. The van der Waals surface area contributed by atoms with Crippen LogP contribution in [0.15, 0.2) is 72.8 Å². The van der Waals surface area contributed by atoms with Crippen molar-refractivity contribution in [2.24, 2.45) is 0 Å². The predicted molar refractivity (Wildman–Crippen MR) is 114 cm³/mol. The van der Waals surface area contributed by atoms with Crippen LogP contribution in [0.25, 0.3) is 11.1 Å². The van der Waals surface area contributed by atoms with Crippen LogP contribution >= 0.6 is 0 Å². The molecule has 0 saturated heterocycles. The summed E-state index contributed by atoms with van der Waals surface area (Å²) in [5.74, 6) is 0.890. The summed E-state index contributed by atoms with van der Waals surface area (Å²) in [5.41, 5.74) is 3.20. The first-order valence-corrected chi connectivity index (χ1v) is 9.07. The smallest absolute Gasteiger partial charge is 0.337 e. The number of hydrogen-bond acceptors (Lipinski definition) is 6. The van der Waals surface area contributed by atoms with Crippen molar-refractivity contribution in [3.8, 4) is 22.6 Å². The number of methoxy groups -OCH3 is 4. The molecule has 0 heterocycles. The monoisotopic (exact) mass is 408 g/mol. The summed E-state index contributed by atoms with van der Waals surface area (Å²) in [4.78, 5) is 22.3. The summed E-state index contributed by atoms with van der Waals surface area (Å²) in [6.45, 7) is 0. The van der Waals surface area contributed by atoms with E-state index in [1.54, 1.807) is 50.6 Å². The third-order valence-electron chi connectivity index (χ3n) is 4.24. The summed E-state index contributed by atoms with van der Waals surface area (Å²) in [6, 6.07) is 21.8. The van der Waals surface area contributed by atoms with Crippen molar-refractivity contribution in [2.45, 2.75) is 0 Å². The number of rotatable bonds is 5. The quantitative estimate of drug-likeness (QED) is 0.573. The number of carbonyl (C=O) groups is 2. The SMILES string of the molecule is COC(=O)c1ccc(-c2ccc(OC)cc2)cc1.COC(=O)c1ccc(OC)cc1. The van der Waals surface area contributed by atoms with Crippen molar-refractivity contribution < 1.29 is 28.5 Å². The van der Waals surface area contributed by atoms with E-state index in [4.69, 9.17) is 9.47 Å². The Balaban J connectivity index is 0.000000232. The van der Waals surface area contributed by atoms with E-state index in [-0.39, 0.29) is 11.9 Å². The second-order valence-corrected chi connectivity index (χ2v) is 6.02. The molecule has 0 unspecified atom stereocenters. The number of ether oxygens (including phenoxy) is 4. The van der Waals surface area contributed by atoms with Crippen LogP contribution in [0.2, 0.25) is 0 Å². The Kier molecular flexibility index (Phi) is 8.44. The highest BCUT2D eigenvalue weighted by molar-refractivity contribution is 5.90. The van der Waals surface area contributed by atoms with Gasteiger partial charge in [-0.25, -0.2) is 9.59 Å². The van der Waals surface area contributed by atoms with Crippen molar-refractivity contribution in [3.63, 3.8) is 0 Å². The number of carbonyl (C=O) groups excluding carboxylic acids is 2. The van der Waals surface area contributed by atoms with Crippen molar-refractivity contribution >= 4 is 11.9 Å². The Morgan fingerprint density at radius 1 is 0.500 bits per heavy atom. The Labute approximate surface area is 176 Å². The van der Waals surface area contributed by atoms with Gasteiger partial charge in [0, 0.05) is 0 Å². The Morgan fingerprint density at radius 2 is 0.800 bits per heavy atom. The average molecular weight is 408 g/mol. The van der Waals surface area contributed by atoms with E-state index in [1.807, 2.05) is 36.4 Å². The topological polar surface area (TPSA) is 71.1 Å². The molecule has 0 spiro atoms. The fourth-order valence-corrected chi connectivity index (χ4v) is 2.55. The lowest BCUT2D eigenvalue weighted by molar-refractivity contribution is 0.0592. The summed E-state index contributed by atoms with van der Waals surface area (Å²) in [6.07, 6.45) is 0. The molecule has 0 radical (unpaired) electrons. The van der Waals surface area contributed by atoms with Gasteiger partial charge in [0.25, 0.3) is 0 Å². The fraction of sp³-hybridized carbons (Fsp3) is 0.167. The van der Waals surface area contributed by atoms with E-state index in [2.05, 4.69) is 9.47 Å². The highest BCUT2D eigenvalue weighted by Crippen LogP contribution is 2.22. The van der Waals surface area contributed by atoms with Crippen molar-refractivity contribution in [1.29, 1.82) is 0 Å². The normalized spacial score (nSPS) is 9.60. The maximum atomic E-state index is 11.3. The van der Waals surface area contributed by atoms with Crippen molar-refractivity contribution in [1.82, 2.24) is 0 Å². The fourth-order valence-electron chi connectivity index (χ4n) is 2.55. The standard InChI is InChI=1S/C15H14O3.C9H10O3/c1-17-14-9-7-12(8-10-14)11-3-5-13(6-4-11)15(16)18-2;1-11-8-5-3-7(4-6-8)9(10)12-2/h3-10H,1-2H3;3-6H,1-2H3. The second-order valence-electron chi connectivity index (χ2n) is 6.02. The lowest BCUT2D eigenvalue weighted by atomic mass is 10.0. The molecule has 0 N–H and O–H groups in total. The summed E-state index contributed by atoms with van der Waals surface area (Å²) in [5, 5.41) is 0. The first kappa shape index (κ1) is 22.5. The maximum absolute atomic E-state index is 11.3. The van der Waals surface area contributed by atoms with Crippen LogP contribution in [-0.4, -0.2) is 40.4 Å². The van der Waals surface area contributed by atoms with Crippen LogP contribution in [0.5, 0.6) is 11.5 Å². The van der Waals surface area contributed by atoms with Gasteiger partial charge in [0.2, 0.25) is 0 Å². The second kappa shape index (κ2) is 11.3. The predicted octanol–water partition coefficient (Wildman–Crippen LogP) is 4.63. The highest BCUT2D eigenvalue weighted by atomic mass is 16.5. The van der Waals surface area contributed by atoms with Crippen LogP contribution in [0.3, 0.4) is 0 Å². The molecular formula is C24H24O6. The van der Waals surface area contributed by atoms with Gasteiger partial charge in [0.15, 0.2) is 0 Å². The third kappa shape index (κ3) is 6.10. The first-order chi connectivity index (χ1) is 14.5. The van der Waals surface area contributed by atoms with E-state index in [0.717, 1.165) is 22.6 Å². The van der Waals surface area contributed by atoms with E-state index < -0.39 is 0 Å². The van der Waals surface area contributed by atoms with E-state index in [9.17, 15) is 9.59 Å². The summed E-state index contributed by atoms with van der Waals surface area (Å²) in [7, 11) is 5.94. The Hall–Kier alpha value is -3.80. The van der Waals surface area contributed by atoms with Crippen LogP contribution in [0.1, 0.15) is 20.7 Å². The molecule has 3 rings (SSSR count). The first-order valence-electron chi connectivity index (χ1n) is 9.07. The number of benzene rings is 3. The van der Waals surface area contributed by atoms with Crippen LogP contribution in [0, 0.1) is 0 Å². The molecule has 0 aliphatic carbocycles. The van der Waals surface area contributed by atoms with Crippen molar-refractivity contribution in [3.05, 3.63) is 83.9 Å². The minimum absolute atomic E-state index is 0.323. The van der Waals surface area contributed by atoms with E-state index >= 15 is 0 Å². The highest BCUT2D eigenvalue weighted by Gasteiger charge is 2.05. The zero-order valence-corrected chi connectivity index (χ0v) is 17.4. The zero-order valence-electron chi connectivity index (χ0n) is 17.4. The molecule has 6 heteroatoms. The molecule has 6 nitrogen and oxygen atoms in total. The molecule has 0 aliphatic rings. The molecule has 30 heavy (non-hydrogen) atoms. The van der Waals surface area contributed by atoms with Gasteiger partial charge >= 0.3 is 11.9 Å². The number of hydrogen-bond donors (Lipinski definition) is 0. The average Bonchev–Trinajstić information content (AvgIpc) is 2.83. The lowest BCUT2D eigenvalue weighted by Crippen LogP contribution is -2.00. The zero-order chi connectivity index (χ0) is 21.9. The molecule has 3 aromatic rings. The molecule has 0 aromatic heterocycles. The van der Waals surface area contributed by atoms with Crippen LogP contribution in [0.4, 0.5) is 0 Å². The van der Waals surface area contributed by atoms with E-state index in [1.165, 1.54) is 14.2 Å². The lowest BCUT2D eigenvalue weighted by Gasteiger charge is -2.05. The van der Waals surface area contributed by atoms with E-state index in [0.29, 0.717) is 11.1 Å². The van der Waals surface area contributed by atoms with Gasteiger partial charge in [-0.3, -0.25) is 0 Å². The molecule has 0 atom stereocenters. The molecule has 3 aromatic carbocycles. The molecule has 156 valence electrons. The van der Waals surface area contributed by atoms with Crippen LogP contribution < -0.4 is 9.47 Å².